The molecule has 0 aliphatic carbocycles. The number of sulfonamides is 1. The molecule has 0 spiro atoms. The number of amides is 1. The predicted octanol–water partition coefficient (Wildman–Crippen LogP) is 0.524. The van der Waals surface area contributed by atoms with Gasteiger partial charge in [-0.2, -0.15) is 0 Å². The van der Waals surface area contributed by atoms with Gasteiger partial charge in [0.2, 0.25) is 15.9 Å². The van der Waals surface area contributed by atoms with E-state index in [1.807, 2.05) is 0 Å². The molecule has 1 amide bonds. The number of halogens is 1. The Labute approximate surface area is 111 Å². The van der Waals surface area contributed by atoms with Gasteiger partial charge in [0.05, 0.1) is 0 Å². The van der Waals surface area contributed by atoms with Gasteiger partial charge in [0.25, 0.3) is 0 Å². The fourth-order valence-corrected chi connectivity index (χ4v) is 3.00. The van der Waals surface area contributed by atoms with E-state index in [1.165, 1.54) is 17.0 Å². The van der Waals surface area contributed by atoms with Gasteiger partial charge in [-0.25, -0.2) is 17.9 Å². The minimum absolute atomic E-state index is 0.0627. The first kappa shape index (κ1) is 14.0. The molecule has 104 valence electrons. The normalized spacial score (nSPS) is 20.1. The average molecular weight is 286 g/mol. The molecular formula is C12H15FN2O3S. The number of rotatable bonds is 3. The van der Waals surface area contributed by atoms with E-state index in [9.17, 15) is 17.6 Å². The second-order valence-electron chi connectivity index (χ2n) is 4.83. The van der Waals surface area contributed by atoms with Crippen LogP contribution in [0, 0.1) is 12.7 Å². The van der Waals surface area contributed by atoms with Crippen molar-refractivity contribution in [2.75, 3.05) is 6.54 Å². The fraction of sp³-hybridized carbons (Fsp3) is 0.417. The molecule has 1 saturated heterocycles. The van der Waals surface area contributed by atoms with E-state index < -0.39 is 15.3 Å². The highest BCUT2D eigenvalue weighted by molar-refractivity contribution is 7.89. The highest BCUT2D eigenvalue weighted by Crippen LogP contribution is 2.20. The van der Waals surface area contributed by atoms with Crippen LogP contribution >= 0.6 is 0 Å². The fourth-order valence-electron chi connectivity index (χ4n) is 2.23. The van der Waals surface area contributed by atoms with Crippen LogP contribution in [-0.2, 0) is 21.4 Å². The number of aryl methyl sites for hydroxylation is 1. The average Bonchev–Trinajstić information content (AvgIpc) is 2.58. The maximum atomic E-state index is 13.2. The first-order chi connectivity index (χ1) is 8.75. The highest BCUT2D eigenvalue weighted by Gasteiger charge is 2.36. The maximum Gasteiger partial charge on any atom is 0.224 e. The van der Waals surface area contributed by atoms with Gasteiger partial charge in [-0.1, -0.05) is 6.07 Å². The van der Waals surface area contributed by atoms with Crippen molar-refractivity contribution in [3.8, 4) is 0 Å². The number of nitrogens with two attached hydrogens (primary N) is 1. The molecule has 7 heteroatoms. The number of carbonyl (C=O) groups is 1. The van der Waals surface area contributed by atoms with E-state index >= 15 is 0 Å². The summed E-state index contributed by atoms with van der Waals surface area (Å²) in [5.74, 6) is -0.648. The largest absolute Gasteiger partial charge is 0.337 e. The lowest BCUT2D eigenvalue weighted by molar-refractivity contribution is -0.128. The van der Waals surface area contributed by atoms with Crippen molar-refractivity contribution in [2.24, 2.45) is 5.14 Å². The van der Waals surface area contributed by atoms with Gasteiger partial charge in [-0.3, -0.25) is 4.79 Å². The molecule has 1 aromatic rings. The third-order valence-corrected chi connectivity index (χ3v) is 4.36. The zero-order chi connectivity index (χ0) is 14.2. The third kappa shape index (κ3) is 3.30. The molecule has 1 heterocycles. The van der Waals surface area contributed by atoms with Gasteiger partial charge < -0.3 is 4.90 Å². The first-order valence-corrected chi connectivity index (χ1v) is 7.42. The van der Waals surface area contributed by atoms with E-state index in [1.54, 1.807) is 13.0 Å². The lowest BCUT2D eigenvalue weighted by Gasteiger charge is -2.16. The van der Waals surface area contributed by atoms with E-state index in [4.69, 9.17) is 5.14 Å². The molecule has 1 fully saturated rings. The molecule has 1 unspecified atom stereocenters. The van der Waals surface area contributed by atoms with Crippen molar-refractivity contribution in [2.45, 2.75) is 25.1 Å². The zero-order valence-corrected chi connectivity index (χ0v) is 11.3. The van der Waals surface area contributed by atoms with E-state index in [2.05, 4.69) is 0 Å². The number of carbonyl (C=O) groups excluding carboxylic acids is 1. The van der Waals surface area contributed by atoms with Crippen molar-refractivity contribution in [3.05, 3.63) is 35.1 Å². The minimum atomic E-state index is -3.71. The van der Waals surface area contributed by atoms with E-state index in [0.29, 0.717) is 5.56 Å². The second-order valence-corrected chi connectivity index (χ2v) is 6.67. The Bertz CT molecular complexity index is 595. The molecule has 1 aliphatic heterocycles. The minimum Gasteiger partial charge on any atom is -0.337 e. The summed E-state index contributed by atoms with van der Waals surface area (Å²) in [5, 5.41) is 4.17. The molecule has 1 aliphatic rings. The Morgan fingerprint density at radius 3 is 2.63 bits per heavy atom. The summed E-state index contributed by atoms with van der Waals surface area (Å²) >= 11 is 0. The van der Waals surface area contributed by atoms with Gasteiger partial charge >= 0.3 is 0 Å². The predicted molar refractivity (Wildman–Crippen MR) is 68.1 cm³/mol. The van der Waals surface area contributed by atoms with Crippen LogP contribution in [0.3, 0.4) is 0 Å². The molecule has 0 aromatic heterocycles. The van der Waals surface area contributed by atoms with Crippen LogP contribution in [0.2, 0.25) is 0 Å². The van der Waals surface area contributed by atoms with Gasteiger partial charge in [0, 0.05) is 19.5 Å². The summed E-state index contributed by atoms with van der Waals surface area (Å²) in [6.07, 6.45) is -0.104. The van der Waals surface area contributed by atoms with Crippen molar-refractivity contribution in [1.82, 2.24) is 4.90 Å². The Morgan fingerprint density at radius 2 is 2.11 bits per heavy atom. The third-order valence-electron chi connectivity index (χ3n) is 3.12. The first-order valence-electron chi connectivity index (χ1n) is 5.81. The molecule has 2 rings (SSSR count). The molecule has 0 radical (unpaired) electrons. The molecule has 1 aromatic carbocycles. The van der Waals surface area contributed by atoms with Crippen LogP contribution in [0.5, 0.6) is 0 Å². The van der Waals surface area contributed by atoms with Crippen molar-refractivity contribution < 1.29 is 17.6 Å². The number of primary sulfonamides is 1. The Balaban J connectivity index is 2.14. The smallest absolute Gasteiger partial charge is 0.224 e. The molecule has 19 heavy (non-hydrogen) atoms. The molecular weight excluding hydrogens is 271 g/mol. The summed E-state index contributed by atoms with van der Waals surface area (Å²) in [4.78, 5) is 13.1. The molecule has 0 saturated carbocycles. The number of likely N-dealkylation sites (tertiary alicyclic amines) is 1. The summed E-state index contributed by atoms with van der Waals surface area (Å²) < 4.78 is 35.7. The van der Waals surface area contributed by atoms with E-state index in [0.717, 1.165) is 5.56 Å². The van der Waals surface area contributed by atoms with Gasteiger partial charge in [0.1, 0.15) is 11.1 Å². The van der Waals surface area contributed by atoms with Crippen molar-refractivity contribution in [1.29, 1.82) is 0 Å². The molecule has 1 atom stereocenters. The Morgan fingerprint density at radius 1 is 1.42 bits per heavy atom. The van der Waals surface area contributed by atoms with Gasteiger partial charge in [0.15, 0.2) is 0 Å². The topological polar surface area (TPSA) is 80.5 Å². The van der Waals surface area contributed by atoms with Crippen LogP contribution in [0.1, 0.15) is 17.5 Å². The number of hydrogen-bond acceptors (Lipinski definition) is 3. The Kier molecular flexibility index (Phi) is 3.60. The highest BCUT2D eigenvalue weighted by atomic mass is 32.2. The molecule has 5 nitrogen and oxygen atoms in total. The van der Waals surface area contributed by atoms with E-state index in [-0.39, 0.29) is 31.2 Å². The lowest BCUT2D eigenvalue weighted by atomic mass is 10.1. The Hall–Kier alpha value is -1.47. The zero-order valence-electron chi connectivity index (χ0n) is 10.5. The monoisotopic (exact) mass is 286 g/mol. The van der Waals surface area contributed by atoms with Gasteiger partial charge in [-0.15, -0.1) is 0 Å². The molecule has 0 bridgehead atoms. The SMILES string of the molecule is Cc1cc(F)cc(CN2CC(S(N)(=O)=O)CC2=O)c1. The second kappa shape index (κ2) is 4.90. The lowest BCUT2D eigenvalue weighted by Crippen LogP contribution is -2.31. The number of hydrogen-bond donors (Lipinski definition) is 1. The standard InChI is InChI=1S/C12H15FN2O3S/c1-8-2-9(4-10(13)3-8)6-15-7-11(5-12(15)16)19(14,17)18/h2-4,11H,5-7H2,1H3,(H2,14,17,18). The van der Waals surface area contributed by atoms with Crippen LogP contribution in [0.15, 0.2) is 18.2 Å². The number of nitrogens with zero attached hydrogens (tertiary/aromatic N) is 1. The quantitative estimate of drug-likeness (QED) is 0.879. The molecule has 2 N–H and O–H groups in total. The van der Waals surface area contributed by atoms with Crippen LogP contribution in [-0.4, -0.2) is 31.0 Å². The maximum absolute atomic E-state index is 13.2. The van der Waals surface area contributed by atoms with Gasteiger partial charge in [-0.05, 0) is 30.2 Å². The van der Waals surface area contributed by atoms with Crippen LogP contribution < -0.4 is 5.14 Å². The summed E-state index contributed by atoms with van der Waals surface area (Å²) in [6.45, 7) is 2.02. The van der Waals surface area contributed by atoms with Crippen molar-refractivity contribution in [3.63, 3.8) is 0 Å². The summed E-state index contributed by atoms with van der Waals surface area (Å²) in [5.41, 5.74) is 1.39. The number of benzene rings is 1. The summed E-state index contributed by atoms with van der Waals surface area (Å²) in [7, 11) is -3.71. The van der Waals surface area contributed by atoms with Crippen LogP contribution in [0.25, 0.3) is 0 Å². The van der Waals surface area contributed by atoms with Crippen molar-refractivity contribution >= 4 is 15.9 Å². The summed E-state index contributed by atoms with van der Waals surface area (Å²) in [6, 6.07) is 4.49. The van der Waals surface area contributed by atoms with Crippen LogP contribution in [0.4, 0.5) is 4.39 Å².